The van der Waals surface area contributed by atoms with E-state index in [0.717, 1.165) is 29.9 Å². The molecule has 0 fully saturated rings. The Morgan fingerprint density at radius 3 is 2.45 bits per heavy atom. The zero-order valence-electron chi connectivity index (χ0n) is 13.5. The van der Waals surface area contributed by atoms with Crippen molar-refractivity contribution in [1.29, 1.82) is 0 Å². The molecule has 0 atom stereocenters. The lowest BCUT2D eigenvalue weighted by molar-refractivity contribution is -0.115. The molecule has 0 bridgehead atoms. The minimum atomic E-state index is -0.0441. The summed E-state index contributed by atoms with van der Waals surface area (Å²) < 4.78 is 0. The molecule has 1 heterocycles. The fraction of sp³-hybridized carbons (Fsp3) is 0.333. The van der Waals surface area contributed by atoms with Gasteiger partial charge in [0, 0.05) is 13.1 Å². The van der Waals surface area contributed by atoms with Crippen LogP contribution < -0.4 is 10.2 Å². The number of benzene rings is 1. The second kappa shape index (κ2) is 7.59. The molecule has 4 heteroatoms. The second-order valence-electron chi connectivity index (χ2n) is 5.23. The molecule has 0 aliphatic carbocycles. The maximum absolute atomic E-state index is 12.1. The van der Waals surface area contributed by atoms with E-state index in [9.17, 15) is 4.79 Å². The van der Waals surface area contributed by atoms with E-state index >= 15 is 0 Å². The van der Waals surface area contributed by atoms with Gasteiger partial charge in [-0.15, -0.1) is 0 Å². The average molecular weight is 297 g/mol. The Morgan fingerprint density at radius 2 is 1.86 bits per heavy atom. The molecule has 22 heavy (non-hydrogen) atoms. The predicted octanol–water partition coefficient (Wildman–Crippen LogP) is 3.42. The standard InChI is InChI=1S/C18H23N3O/c1-4-21(5-2)16-10-11-17(19-13-16)20-18(22)12-15-9-7-6-8-14(15)3/h6-11,13H,4-5,12H2,1-3H3,(H,19,20,22). The molecular weight excluding hydrogens is 274 g/mol. The number of aryl methyl sites for hydroxylation is 1. The molecule has 1 aromatic carbocycles. The first-order valence-electron chi connectivity index (χ1n) is 7.69. The molecule has 0 radical (unpaired) electrons. The van der Waals surface area contributed by atoms with Crippen LogP contribution in [-0.2, 0) is 11.2 Å². The molecule has 0 aliphatic heterocycles. The van der Waals surface area contributed by atoms with E-state index < -0.39 is 0 Å². The molecule has 0 aliphatic rings. The highest BCUT2D eigenvalue weighted by atomic mass is 16.1. The van der Waals surface area contributed by atoms with Crippen molar-refractivity contribution >= 4 is 17.4 Å². The molecule has 0 saturated heterocycles. The van der Waals surface area contributed by atoms with Gasteiger partial charge in [0.15, 0.2) is 0 Å². The quantitative estimate of drug-likeness (QED) is 0.888. The molecular formula is C18H23N3O. The van der Waals surface area contributed by atoms with Crippen LogP contribution in [0.25, 0.3) is 0 Å². The number of amides is 1. The molecule has 1 N–H and O–H groups in total. The van der Waals surface area contributed by atoms with Crippen LogP contribution >= 0.6 is 0 Å². The Labute approximate surface area is 132 Å². The van der Waals surface area contributed by atoms with Crippen LogP contribution in [0.5, 0.6) is 0 Å². The van der Waals surface area contributed by atoms with Gasteiger partial charge in [-0.25, -0.2) is 4.98 Å². The van der Waals surface area contributed by atoms with Gasteiger partial charge in [0.2, 0.25) is 5.91 Å². The molecule has 4 nitrogen and oxygen atoms in total. The average Bonchev–Trinajstić information content (AvgIpc) is 2.52. The highest BCUT2D eigenvalue weighted by Gasteiger charge is 2.07. The Balaban J connectivity index is 1.99. The molecule has 0 saturated carbocycles. The van der Waals surface area contributed by atoms with Crippen molar-refractivity contribution in [2.75, 3.05) is 23.3 Å². The molecule has 116 valence electrons. The lowest BCUT2D eigenvalue weighted by Crippen LogP contribution is -2.22. The van der Waals surface area contributed by atoms with E-state index in [0.29, 0.717) is 12.2 Å². The second-order valence-corrected chi connectivity index (χ2v) is 5.23. The monoisotopic (exact) mass is 297 g/mol. The van der Waals surface area contributed by atoms with E-state index in [1.54, 1.807) is 6.20 Å². The summed E-state index contributed by atoms with van der Waals surface area (Å²) in [7, 11) is 0. The summed E-state index contributed by atoms with van der Waals surface area (Å²) >= 11 is 0. The first-order chi connectivity index (χ1) is 10.6. The first kappa shape index (κ1) is 16.0. The minimum absolute atomic E-state index is 0.0441. The molecule has 2 aromatic rings. The summed E-state index contributed by atoms with van der Waals surface area (Å²) in [6.45, 7) is 8.12. The SMILES string of the molecule is CCN(CC)c1ccc(NC(=O)Cc2ccccc2C)nc1. The van der Waals surface area contributed by atoms with E-state index in [4.69, 9.17) is 0 Å². The van der Waals surface area contributed by atoms with Crippen LogP contribution in [0, 0.1) is 6.92 Å². The summed E-state index contributed by atoms with van der Waals surface area (Å²) in [6.07, 6.45) is 2.17. The number of hydrogen-bond donors (Lipinski definition) is 1. The maximum atomic E-state index is 12.1. The molecule has 0 spiro atoms. The number of rotatable bonds is 6. The highest BCUT2D eigenvalue weighted by Crippen LogP contribution is 2.15. The molecule has 2 rings (SSSR count). The van der Waals surface area contributed by atoms with Gasteiger partial charge in [0.05, 0.1) is 18.3 Å². The predicted molar refractivity (Wildman–Crippen MR) is 91.3 cm³/mol. The van der Waals surface area contributed by atoms with Crippen LogP contribution in [0.3, 0.4) is 0 Å². The van der Waals surface area contributed by atoms with Gasteiger partial charge in [0.25, 0.3) is 0 Å². The van der Waals surface area contributed by atoms with E-state index in [-0.39, 0.29) is 5.91 Å². The van der Waals surface area contributed by atoms with Crippen molar-refractivity contribution in [1.82, 2.24) is 4.98 Å². The Hall–Kier alpha value is -2.36. The van der Waals surface area contributed by atoms with Crippen LogP contribution in [-0.4, -0.2) is 24.0 Å². The third kappa shape index (κ3) is 4.07. The van der Waals surface area contributed by atoms with Crippen molar-refractivity contribution in [3.63, 3.8) is 0 Å². The third-order valence-corrected chi connectivity index (χ3v) is 3.76. The van der Waals surface area contributed by atoms with Gasteiger partial charge in [-0.05, 0) is 44.0 Å². The fourth-order valence-electron chi connectivity index (χ4n) is 2.40. The molecule has 1 amide bonds. The molecule has 0 unspecified atom stereocenters. The summed E-state index contributed by atoms with van der Waals surface area (Å²) in [5.74, 6) is 0.548. The van der Waals surface area contributed by atoms with Gasteiger partial charge < -0.3 is 10.2 Å². The summed E-state index contributed by atoms with van der Waals surface area (Å²) in [4.78, 5) is 18.6. The number of aromatic nitrogens is 1. The Morgan fingerprint density at radius 1 is 1.14 bits per heavy atom. The number of carbonyl (C=O) groups excluding carboxylic acids is 1. The van der Waals surface area contributed by atoms with Gasteiger partial charge in [0.1, 0.15) is 5.82 Å². The minimum Gasteiger partial charge on any atom is -0.371 e. The van der Waals surface area contributed by atoms with Crippen molar-refractivity contribution in [3.8, 4) is 0 Å². The highest BCUT2D eigenvalue weighted by molar-refractivity contribution is 5.91. The Bertz CT molecular complexity index is 618. The maximum Gasteiger partial charge on any atom is 0.229 e. The number of anilines is 2. The number of pyridine rings is 1. The van der Waals surface area contributed by atoms with E-state index in [2.05, 4.69) is 29.0 Å². The summed E-state index contributed by atoms with van der Waals surface area (Å²) in [5, 5.41) is 2.85. The fourth-order valence-corrected chi connectivity index (χ4v) is 2.40. The third-order valence-electron chi connectivity index (χ3n) is 3.76. The van der Waals surface area contributed by atoms with Crippen molar-refractivity contribution in [3.05, 3.63) is 53.7 Å². The topological polar surface area (TPSA) is 45.2 Å². The van der Waals surface area contributed by atoms with Crippen molar-refractivity contribution < 1.29 is 4.79 Å². The van der Waals surface area contributed by atoms with Crippen molar-refractivity contribution in [2.45, 2.75) is 27.2 Å². The zero-order valence-corrected chi connectivity index (χ0v) is 13.5. The number of carbonyl (C=O) groups is 1. The smallest absolute Gasteiger partial charge is 0.229 e. The lowest BCUT2D eigenvalue weighted by Gasteiger charge is -2.20. The summed E-state index contributed by atoms with van der Waals surface area (Å²) in [6, 6.07) is 11.8. The van der Waals surface area contributed by atoms with Crippen LogP contribution in [0.15, 0.2) is 42.6 Å². The lowest BCUT2D eigenvalue weighted by atomic mass is 10.1. The Kier molecular flexibility index (Phi) is 5.53. The zero-order chi connectivity index (χ0) is 15.9. The number of hydrogen-bond acceptors (Lipinski definition) is 3. The van der Waals surface area contributed by atoms with E-state index in [1.807, 2.05) is 43.3 Å². The number of nitrogens with one attached hydrogen (secondary N) is 1. The first-order valence-corrected chi connectivity index (χ1v) is 7.69. The largest absolute Gasteiger partial charge is 0.371 e. The summed E-state index contributed by atoms with van der Waals surface area (Å²) in [5.41, 5.74) is 3.24. The normalized spacial score (nSPS) is 10.3. The van der Waals surface area contributed by atoms with Crippen LogP contribution in [0.4, 0.5) is 11.5 Å². The van der Waals surface area contributed by atoms with Gasteiger partial charge in [-0.3, -0.25) is 4.79 Å². The van der Waals surface area contributed by atoms with Gasteiger partial charge in [-0.2, -0.15) is 0 Å². The van der Waals surface area contributed by atoms with E-state index in [1.165, 1.54) is 0 Å². The molecule has 1 aromatic heterocycles. The van der Waals surface area contributed by atoms with Crippen LogP contribution in [0.2, 0.25) is 0 Å². The van der Waals surface area contributed by atoms with Crippen LogP contribution in [0.1, 0.15) is 25.0 Å². The van der Waals surface area contributed by atoms with Gasteiger partial charge in [-0.1, -0.05) is 24.3 Å². The van der Waals surface area contributed by atoms with Crippen molar-refractivity contribution in [2.24, 2.45) is 0 Å². The van der Waals surface area contributed by atoms with Gasteiger partial charge >= 0.3 is 0 Å². The number of nitrogens with zero attached hydrogens (tertiary/aromatic N) is 2.